The molecule has 0 bridgehead atoms. The first-order valence-electron chi connectivity index (χ1n) is 7.87. The van der Waals surface area contributed by atoms with Crippen molar-refractivity contribution < 1.29 is 18.3 Å². The van der Waals surface area contributed by atoms with Crippen molar-refractivity contribution in [3.8, 4) is 16.5 Å². The van der Waals surface area contributed by atoms with Crippen LogP contribution in [0.15, 0.2) is 17.5 Å². The highest BCUT2D eigenvalue weighted by molar-refractivity contribution is 7.13. The van der Waals surface area contributed by atoms with Gasteiger partial charge in [0.2, 0.25) is 5.92 Å². The number of aryl methyl sites for hydroxylation is 1. The number of aromatic nitrogens is 2. The second-order valence-electron chi connectivity index (χ2n) is 6.06. The smallest absolute Gasteiger partial charge is 0.409 e. The first-order chi connectivity index (χ1) is 11.8. The topological polar surface area (TPSA) is 90.1 Å². The molecule has 6 nitrogen and oxygen atoms in total. The van der Waals surface area contributed by atoms with Crippen molar-refractivity contribution in [1.29, 1.82) is 0 Å². The van der Waals surface area contributed by atoms with Gasteiger partial charge in [0.25, 0.3) is 0 Å². The van der Waals surface area contributed by atoms with Crippen molar-refractivity contribution in [3.05, 3.63) is 23.2 Å². The summed E-state index contributed by atoms with van der Waals surface area (Å²) in [6, 6.07) is 2.99. The maximum absolute atomic E-state index is 13.3. The van der Waals surface area contributed by atoms with E-state index in [0.29, 0.717) is 29.4 Å². The Bertz CT molecular complexity index is 771. The quantitative estimate of drug-likeness (QED) is 0.852. The van der Waals surface area contributed by atoms with Crippen molar-refractivity contribution in [1.82, 2.24) is 9.97 Å². The normalized spacial score (nSPS) is 17.2. The Morgan fingerprint density at radius 1 is 1.36 bits per heavy atom. The largest absolute Gasteiger partial charge is 0.410 e. The van der Waals surface area contributed by atoms with E-state index in [1.165, 1.54) is 17.4 Å². The van der Waals surface area contributed by atoms with E-state index in [1.54, 1.807) is 6.07 Å². The Hall–Kier alpha value is -2.29. The summed E-state index contributed by atoms with van der Waals surface area (Å²) < 4.78 is 31.5. The summed E-state index contributed by atoms with van der Waals surface area (Å²) in [4.78, 5) is 19.9. The summed E-state index contributed by atoms with van der Waals surface area (Å²) in [6.07, 6.45) is -0.542. The van der Waals surface area contributed by atoms with E-state index in [4.69, 9.17) is 10.5 Å². The Morgan fingerprint density at radius 3 is 2.68 bits per heavy atom. The highest BCUT2D eigenvalue weighted by atomic mass is 32.1. The van der Waals surface area contributed by atoms with E-state index in [1.807, 2.05) is 12.3 Å². The van der Waals surface area contributed by atoms with Crippen LogP contribution in [0.25, 0.3) is 10.7 Å². The molecular weight excluding hydrogens is 350 g/mol. The molecule has 0 radical (unpaired) electrons. The molecule has 1 aliphatic carbocycles. The summed E-state index contributed by atoms with van der Waals surface area (Å²) >= 11 is 1.41. The number of nitrogens with two attached hydrogens (primary N) is 1. The Labute approximate surface area is 147 Å². The minimum Gasteiger partial charge on any atom is -0.410 e. The van der Waals surface area contributed by atoms with Crippen LogP contribution < -0.4 is 15.8 Å². The van der Waals surface area contributed by atoms with E-state index in [9.17, 15) is 13.6 Å². The standard InChI is InChI=1S/C16H18F2N4O2S/c1-9-8-25-14(20-9)12-6-11(24-15(19)23)7-13(22-12)21-10-2-4-16(17,18)5-3-10/h6-8,10H,2-5H2,1H3,(H2,19,23)(H,21,22). The number of thiazole rings is 1. The number of nitrogens with zero attached hydrogens (tertiary/aromatic N) is 2. The zero-order chi connectivity index (χ0) is 18.0. The number of ether oxygens (including phenoxy) is 1. The van der Waals surface area contributed by atoms with Crippen LogP contribution in [0.3, 0.4) is 0 Å². The number of hydrogen-bond acceptors (Lipinski definition) is 6. The molecule has 0 spiro atoms. The van der Waals surface area contributed by atoms with Gasteiger partial charge in [-0.25, -0.2) is 23.5 Å². The van der Waals surface area contributed by atoms with Crippen LogP contribution in [0.5, 0.6) is 5.75 Å². The number of hydrogen-bond donors (Lipinski definition) is 2. The number of carbonyl (C=O) groups excluding carboxylic acids is 1. The maximum Gasteiger partial charge on any atom is 0.409 e. The van der Waals surface area contributed by atoms with Gasteiger partial charge >= 0.3 is 6.09 Å². The van der Waals surface area contributed by atoms with Crippen LogP contribution in [0, 0.1) is 6.92 Å². The first kappa shape index (κ1) is 17.5. The minimum atomic E-state index is -2.59. The fourth-order valence-corrected chi connectivity index (χ4v) is 3.49. The summed E-state index contributed by atoms with van der Waals surface area (Å²) in [5.74, 6) is -1.92. The lowest BCUT2D eigenvalue weighted by atomic mass is 9.92. The van der Waals surface area contributed by atoms with Crippen molar-refractivity contribution in [3.63, 3.8) is 0 Å². The van der Waals surface area contributed by atoms with E-state index >= 15 is 0 Å². The summed E-state index contributed by atoms with van der Waals surface area (Å²) in [5, 5.41) is 5.71. The van der Waals surface area contributed by atoms with Gasteiger partial charge in [-0.15, -0.1) is 11.3 Å². The summed E-state index contributed by atoms with van der Waals surface area (Å²) in [5.41, 5.74) is 6.47. The lowest BCUT2D eigenvalue weighted by Gasteiger charge is -2.29. The molecule has 1 amide bonds. The first-order valence-corrected chi connectivity index (χ1v) is 8.75. The second kappa shape index (κ2) is 6.91. The van der Waals surface area contributed by atoms with E-state index in [2.05, 4.69) is 15.3 Å². The predicted molar refractivity (Wildman–Crippen MR) is 91.1 cm³/mol. The molecule has 25 heavy (non-hydrogen) atoms. The number of carbonyl (C=O) groups is 1. The molecule has 2 aromatic rings. The molecule has 0 aliphatic heterocycles. The zero-order valence-corrected chi connectivity index (χ0v) is 14.4. The lowest BCUT2D eigenvalue weighted by molar-refractivity contribution is -0.0361. The van der Waals surface area contributed by atoms with Crippen LogP contribution in [0.4, 0.5) is 19.4 Å². The summed E-state index contributed by atoms with van der Waals surface area (Å²) in [7, 11) is 0. The van der Waals surface area contributed by atoms with Gasteiger partial charge < -0.3 is 15.8 Å². The third kappa shape index (κ3) is 4.62. The van der Waals surface area contributed by atoms with E-state index in [-0.39, 0.29) is 24.6 Å². The van der Waals surface area contributed by atoms with Crippen molar-refractivity contribution in [2.75, 3.05) is 5.32 Å². The molecule has 2 aromatic heterocycles. The van der Waals surface area contributed by atoms with Gasteiger partial charge in [-0.3, -0.25) is 0 Å². The molecule has 3 rings (SSSR count). The molecule has 0 atom stereocenters. The molecule has 0 unspecified atom stereocenters. The molecule has 1 aliphatic rings. The fraction of sp³-hybridized carbons (Fsp3) is 0.438. The number of primary amides is 1. The molecule has 1 saturated carbocycles. The van der Waals surface area contributed by atoms with Crippen LogP contribution in [0.2, 0.25) is 0 Å². The highest BCUT2D eigenvalue weighted by Gasteiger charge is 2.35. The van der Waals surface area contributed by atoms with Gasteiger partial charge in [0.1, 0.15) is 22.3 Å². The number of rotatable bonds is 4. The number of halogens is 2. The van der Waals surface area contributed by atoms with Crippen LogP contribution >= 0.6 is 11.3 Å². The molecule has 134 valence electrons. The third-order valence-corrected chi connectivity index (χ3v) is 4.91. The molecule has 3 N–H and O–H groups in total. The SMILES string of the molecule is Cc1csc(-c2cc(OC(N)=O)cc(NC3CCC(F)(F)CC3)n2)n1. The maximum atomic E-state index is 13.3. The van der Waals surface area contributed by atoms with Crippen molar-refractivity contribution >= 4 is 23.2 Å². The van der Waals surface area contributed by atoms with E-state index in [0.717, 1.165) is 5.69 Å². The van der Waals surface area contributed by atoms with E-state index < -0.39 is 12.0 Å². The van der Waals surface area contributed by atoms with Crippen LogP contribution in [0.1, 0.15) is 31.4 Å². The molecule has 1 fully saturated rings. The van der Waals surface area contributed by atoms with Gasteiger partial charge in [0.05, 0.1) is 0 Å². The number of alkyl halides is 2. The van der Waals surface area contributed by atoms with Gasteiger partial charge in [0.15, 0.2) is 0 Å². The highest BCUT2D eigenvalue weighted by Crippen LogP contribution is 2.35. The number of amides is 1. The molecular formula is C16H18F2N4O2S. The minimum absolute atomic E-state index is 0.109. The van der Waals surface area contributed by atoms with Crippen LogP contribution in [-0.2, 0) is 0 Å². The fourth-order valence-electron chi connectivity index (χ4n) is 2.73. The summed E-state index contributed by atoms with van der Waals surface area (Å²) in [6.45, 7) is 1.87. The van der Waals surface area contributed by atoms with Crippen LogP contribution in [-0.4, -0.2) is 28.0 Å². The van der Waals surface area contributed by atoms with Gasteiger partial charge in [-0.1, -0.05) is 0 Å². The molecule has 9 heteroatoms. The number of nitrogens with one attached hydrogen (secondary N) is 1. The molecule has 0 aromatic carbocycles. The third-order valence-electron chi connectivity index (χ3n) is 3.92. The number of anilines is 1. The average molecular weight is 368 g/mol. The average Bonchev–Trinajstić information content (AvgIpc) is 2.95. The Balaban J connectivity index is 1.83. The lowest BCUT2D eigenvalue weighted by Crippen LogP contribution is -2.32. The monoisotopic (exact) mass is 368 g/mol. The predicted octanol–water partition coefficient (Wildman–Crippen LogP) is 3.96. The molecule has 2 heterocycles. The van der Waals surface area contributed by atoms with Crippen molar-refractivity contribution in [2.24, 2.45) is 5.73 Å². The second-order valence-corrected chi connectivity index (χ2v) is 6.92. The molecule has 0 saturated heterocycles. The zero-order valence-electron chi connectivity index (χ0n) is 13.6. The number of pyridine rings is 1. The van der Waals surface area contributed by atoms with Gasteiger partial charge in [-0.05, 0) is 19.8 Å². The Kier molecular flexibility index (Phi) is 4.85. The Morgan fingerprint density at radius 2 is 2.08 bits per heavy atom. The van der Waals surface area contributed by atoms with Crippen molar-refractivity contribution in [2.45, 2.75) is 44.6 Å². The van der Waals surface area contributed by atoms with Gasteiger partial charge in [-0.2, -0.15) is 0 Å². The van der Waals surface area contributed by atoms with Gasteiger partial charge in [0, 0.05) is 42.1 Å².